The zero-order chi connectivity index (χ0) is 17.9. The van der Waals surface area contributed by atoms with Crippen molar-refractivity contribution in [2.24, 2.45) is 0 Å². The highest BCUT2D eigenvalue weighted by atomic mass is 35.5. The summed E-state index contributed by atoms with van der Waals surface area (Å²) >= 11 is 0. The lowest BCUT2D eigenvalue weighted by Gasteiger charge is -2.30. The summed E-state index contributed by atoms with van der Waals surface area (Å²) in [6.07, 6.45) is 4.11. The second-order valence-electron chi connectivity index (χ2n) is 6.88. The molecule has 4 rings (SSSR count). The second-order valence-corrected chi connectivity index (χ2v) is 6.88. The van der Waals surface area contributed by atoms with Gasteiger partial charge in [-0.05, 0) is 61.6 Å². The lowest BCUT2D eigenvalue weighted by molar-refractivity contribution is 0.0679. The molecule has 5 nitrogen and oxygen atoms in total. The van der Waals surface area contributed by atoms with Crippen LogP contribution < -0.4 is 15.4 Å². The van der Waals surface area contributed by atoms with Crippen LogP contribution in [0.2, 0.25) is 0 Å². The van der Waals surface area contributed by atoms with Gasteiger partial charge in [0.05, 0.1) is 6.10 Å². The number of hydrogen-bond acceptors (Lipinski definition) is 4. The fourth-order valence-electron chi connectivity index (χ4n) is 3.70. The second kappa shape index (κ2) is 8.63. The minimum absolute atomic E-state index is 0. The largest absolute Gasteiger partial charge is 0.491 e. The van der Waals surface area contributed by atoms with E-state index in [1.807, 2.05) is 47.4 Å². The van der Waals surface area contributed by atoms with Crippen LogP contribution in [0.1, 0.15) is 35.2 Å². The number of ether oxygens (including phenoxy) is 2. The van der Waals surface area contributed by atoms with Crippen molar-refractivity contribution in [1.29, 1.82) is 0 Å². The maximum absolute atomic E-state index is 13.1. The summed E-state index contributed by atoms with van der Waals surface area (Å²) in [5.74, 6) is 0.690. The predicted octanol–water partition coefficient (Wildman–Crippen LogP) is 3.84. The van der Waals surface area contributed by atoms with Crippen LogP contribution in [0.5, 0.6) is 5.75 Å². The number of anilines is 2. The lowest BCUT2D eigenvalue weighted by Crippen LogP contribution is -2.35. The van der Waals surface area contributed by atoms with E-state index in [0.29, 0.717) is 24.5 Å². The van der Waals surface area contributed by atoms with Crippen LogP contribution in [0.25, 0.3) is 0 Å². The molecule has 1 unspecified atom stereocenters. The summed E-state index contributed by atoms with van der Waals surface area (Å²) in [5.41, 5.74) is 9.47. The van der Waals surface area contributed by atoms with Crippen LogP contribution in [0.4, 0.5) is 11.4 Å². The molecule has 1 fully saturated rings. The number of hydrogen-bond donors (Lipinski definition) is 1. The zero-order valence-corrected chi connectivity index (χ0v) is 16.0. The van der Waals surface area contributed by atoms with Gasteiger partial charge >= 0.3 is 0 Å². The third-order valence-corrected chi connectivity index (χ3v) is 5.07. The van der Waals surface area contributed by atoms with Gasteiger partial charge in [0.15, 0.2) is 0 Å². The topological polar surface area (TPSA) is 64.8 Å². The molecule has 1 atom stereocenters. The number of nitrogen functional groups attached to an aromatic ring is 1. The molecule has 27 heavy (non-hydrogen) atoms. The Morgan fingerprint density at radius 1 is 1.22 bits per heavy atom. The number of amides is 1. The molecule has 0 saturated carbocycles. The van der Waals surface area contributed by atoms with Gasteiger partial charge in [-0.1, -0.05) is 12.1 Å². The minimum atomic E-state index is -0.0147. The first kappa shape index (κ1) is 19.5. The average molecular weight is 389 g/mol. The van der Waals surface area contributed by atoms with Crippen LogP contribution in [-0.2, 0) is 11.2 Å². The smallest absolute Gasteiger partial charge is 0.258 e. The predicted molar refractivity (Wildman–Crippen MR) is 109 cm³/mol. The van der Waals surface area contributed by atoms with Crippen molar-refractivity contribution in [1.82, 2.24) is 0 Å². The molecule has 0 spiro atoms. The fourth-order valence-corrected chi connectivity index (χ4v) is 3.70. The monoisotopic (exact) mass is 388 g/mol. The number of benzene rings is 2. The van der Waals surface area contributed by atoms with E-state index in [4.69, 9.17) is 15.2 Å². The van der Waals surface area contributed by atoms with E-state index in [1.54, 1.807) is 0 Å². The first-order valence-corrected chi connectivity index (χ1v) is 9.26. The highest BCUT2D eigenvalue weighted by Gasteiger charge is 2.25. The van der Waals surface area contributed by atoms with Gasteiger partial charge in [0.2, 0.25) is 0 Å². The van der Waals surface area contributed by atoms with Gasteiger partial charge in [-0.25, -0.2) is 0 Å². The standard InChI is InChI=1S/C21H24N2O3.ClH/c22-19-9-2-10-20-18(19)8-3-11-23(20)21(24)15-5-1-6-16(13-15)26-14-17-7-4-12-25-17;/h1-2,5-6,9-10,13,17H,3-4,7-8,11-12,14,22H2;1H. The number of carbonyl (C=O) groups is 1. The van der Waals surface area contributed by atoms with Gasteiger partial charge in [-0.15, -0.1) is 12.4 Å². The fraction of sp³-hybridized carbons (Fsp3) is 0.381. The van der Waals surface area contributed by atoms with Gasteiger partial charge in [-0.3, -0.25) is 4.79 Å². The van der Waals surface area contributed by atoms with E-state index in [0.717, 1.165) is 49.2 Å². The molecule has 1 amide bonds. The van der Waals surface area contributed by atoms with E-state index < -0.39 is 0 Å². The summed E-state index contributed by atoms with van der Waals surface area (Å²) < 4.78 is 11.4. The van der Waals surface area contributed by atoms with E-state index in [9.17, 15) is 4.79 Å². The number of rotatable bonds is 4. The van der Waals surface area contributed by atoms with Crippen molar-refractivity contribution in [2.45, 2.75) is 31.8 Å². The lowest BCUT2D eigenvalue weighted by atomic mass is 9.99. The molecule has 2 aliphatic rings. The van der Waals surface area contributed by atoms with Crippen molar-refractivity contribution in [3.8, 4) is 5.75 Å². The molecule has 2 aromatic carbocycles. The van der Waals surface area contributed by atoms with Crippen molar-refractivity contribution in [2.75, 3.05) is 30.4 Å². The maximum atomic E-state index is 13.1. The van der Waals surface area contributed by atoms with Crippen molar-refractivity contribution in [3.63, 3.8) is 0 Å². The molecule has 2 heterocycles. The number of nitrogens with two attached hydrogens (primary N) is 1. The molecule has 2 aliphatic heterocycles. The van der Waals surface area contributed by atoms with Gasteiger partial charge in [-0.2, -0.15) is 0 Å². The highest BCUT2D eigenvalue weighted by molar-refractivity contribution is 6.07. The van der Waals surface area contributed by atoms with Crippen molar-refractivity contribution < 1.29 is 14.3 Å². The van der Waals surface area contributed by atoms with Crippen LogP contribution in [0.15, 0.2) is 42.5 Å². The van der Waals surface area contributed by atoms with Gasteiger partial charge in [0.25, 0.3) is 5.91 Å². The van der Waals surface area contributed by atoms with E-state index in [1.165, 1.54) is 0 Å². The van der Waals surface area contributed by atoms with E-state index in [-0.39, 0.29) is 24.4 Å². The van der Waals surface area contributed by atoms with Gasteiger partial charge in [0, 0.05) is 30.1 Å². The molecule has 0 radical (unpaired) electrons. The minimum Gasteiger partial charge on any atom is -0.491 e. The Morgan fingerprint density at radius 3 is 2.89 bits per heavy atom. The molecule has 0 aromatic heterocycles. The van der Waals surface area contributed by atoms with E-state index >= 15 is 0 Å². The molecule has 0 bridgehead atoms. The first-order valence-electron chi connectivity index (χ1n) is 9.26. The molecule has 1 saturated heterocycles. The van der Waals surface area contributed by atoms with Crippen molar-refractivity contribution in [3.05, 3.63) is 53.6 Å². The van der Waals surface area contributed by atoms with Crippen LogP contribution in [0, 0.1) is 0 Å². The summed E-state index contributed by atoms with van der Waals surface area (Å²) in [4.78, 5) is 14.9. The zero-order valence-electron chi connectivity index (χ0n) is 15.2. The normalized spacial score (nSPS) is 18.5. The average Bonchev–Trinajstić information content (AvgIpc) is 3.20. The first-order chi connectivity index (χ1) is 12.7. The summed E-state index contributed by atoms with van der Waals surface area (Å²) in [6.45, 7) is 2.04. The Labute approximate surface area is 165 Å². The van der Waals surface area contributed by atoms with Gasteiger partial charge < -0.3 is 20.1 Å². The number of nitrogens with zero attached hydrogens (tertiary/aromatic N) is 1. The quantitative estimate of drug-likeness (QED) is 0.808. The number of fused-ring (bicyclic) bond motifs is 1. The third-order valence-electron chi connectivity index (χ3n) is 5.07. The molecular weight excluding hydrogens is 364 g/mol. The number of halogens is 1. The Morgan fingerprint density at radius 2 is 2.07 bits per heavy atom. The molecular formula is C21H25ClN2O3. The molecule has 6 heteroatoms. The van der Waals surface area contributed by atoms with Crippen LogP contribution in [0.3, 0.4) is 0 Å². The Kier molecular flexibility index (Phi) is 6.24. The summed E-state index contributed by atoms with van der Waals surface area (Å²) in [5, 5.41) is 0. The summed E-state index contributed by atoms with van der Waals surface area (Å²) in [6, 6.07) is 13.2. The molecule has 0 aliphatic carbocycles. The Hall–Kier alpha value is -2.24. The Balaban J connectivity index is 0.00000210. The van der Waals surface area contributed by atoms with E-state index in [2.05, 4.69) is 0 Å². The molecule has 144 valence electrons. The number of carbonyl (C=O) groups excluding carboxylic acids is 1. The SMILES string of the molecule is Cl.Nc1cccc2c1CCCN2C(=O)c1cccc(OCC2CCCO2)c1. The highest BCUT2D eigenvalue weighted by Crippen LogP contribution is 2.32. The maximum Gasteiger partial charge on any atom is 0.258 e. The van der Waals surface area contributed by atoms with Crippen molar-refractivity contribution >= 4 is 29.7 Å². The summed E-state index contributed by atoms with van der Waals surface area (Å²) in [7, 11) is 0. The molecule has 2 aromatic rings. The van der Waals surface area contributed by atoms with Crippen LogP contribution in [-0.4, -0.2) is 31.8 Å². The third kappa shape index (κ3) is 4.20. The van der Waals surface area contributed by atoms with Gasteiger partial charge in [0.1, 0.15) is 12.4 Å². The molecule has 2 N–H and O–H groups in total. The van der Waals surface area contributed by atoms with Crippen LogP contribution >= 0.6 is 12.4 Å². The Bertz CT molecular complexity index is 806.